The zero-order chi connectivity index (χ0) is 15.3. The third-order valence-corrected chi connectivity index (χ3v) is 5.23. The van der Waals surface area contributed by atoms with Crippen molar-refractivity contribution in [1.82, 2.24) is 0 Å². The summed E-state index contributed by atoms with van der Waals surface area (Å²) in [5, 5.41) is 15.1. The Balaban J connectivity index is 1.74. The van der Waals surface area contributed by atoms with E-state index in [1.807, 2.05) is 6.07 Å². The normalized spacial score (nSPS) is 36.5. The molecule has 0 saturated carbocycles. The summed E-state index contributed by atoms with van der Waals surface area (Å²) in [6, 6.07) is 6.71. The molecule has 8 heteroatoms. The van der Waals surface area contributed by atoms with E-state index in [0.717, 1.165) is 50.9 Å². The molecule has 22 heavy (non-hydrogen) atoms. The zero-order valence-electron chi connectivity index (χ0n) is 12.3. The summed E-state index contributed by atoms with van der Waals surface area (Å²) in [6.45, 7) is 6.57. The minimum Gasteiger partial charge on any atom is -0.323 e. The van der Waals surface area contributed by atoms with Gasteiger partial charge in [-0.05, 0) is 0 Å². The molecule has 4 aliphatic heterocycles. The minimum atomic E-state index is -0.366. The summed E-state index contributed by atoms with van der Waals surface area (Å²) in [5.41, 5.74) is 1.67. The van der Waals surface area contributed by atoms with Gasteiger partial charge in [-0.25, -0.2) is 14.7 Å². The smallest absolute Gasteiger partial charge is 0.270 e. The van der Waals surface area contributed by atoms with Crippen molar-refractivity contribution in [1.29, 1.82) is 0 Å². The number of nitrogens with one attached hydrogen (secondary N) is 3. The van der Waals surface area contributed by atoms with Gasteiger partial charge in [-0.2, -0.15) is 5.10 Å². The fraction of sp³-hybridized carbons (Fsp3) is 0.500. The van der Waals surface area contributed by atoms with Crippen molar-refractivity contribution in [3.05, 3.63) is 39.9 Å². The highest BCUT2D eigenvalue weighted by Gasteiger charge is 2.60. The number of quaternary nitrogens is 3. The fourth-order valence-corrected chi connectivity index (χ4v) is 4.78. The van der Waals surface area contributed by atoms with Crippen molar-refractivity contribution in [2.75, 3.05) is 39.6 Å². The molecule has 0 amide bonds. The Hall–Kier alpha value is -2.03. The molecule has 4 saturated heterocycles. The number of non-ortho nitro benzene ring substituents is 1. The van der Waals surface area contributed by atoms with Gasteiger partial charge in [0, 0.05) is 17.7 Å². The van der Waals surface area contributed by atoms with Crippen molar-refractivity contribution >= 4 is 11.4 Å². The SMILES string of the molecule is NN=C(c1cccc([N+](=O)[O-])c1)C12C[NH+]3C[NH+](C[NH+](C3)C1)C2. The first kappa shape index (κ1) is 13.6. The second-order valence-electron chi connectivity index (χ2n) is 6.88. The Labute approximate surface area is 127 Å². The maximum Gasteiger partial charge on any atom is 0.270 e. The fourth-order valence-electron chi connectivity index (χ4n) is 4.78. The van der Waals surface area contributed by atoms with Crippen molar-refractivity contribution in [3.8, 4) is 0 Å². The van der Waals surface area contributed by atoms with E-state index < -0.39 is 0 Å². The highest BCUT2D eigenvalue weighted by Crippen LogP contribution is 2.25. The second-order valence-corrected chi connectivity index (χ2v) is 6.88. The number of nitro groups is 1. The highest BCUT2D eigenvalue weighted by atomic mass is 16.6. The van der Waals surface area contributed by atoms with E-state index in [0.29, 0.717) is 0 Å². The van der Waals surface area contributed by atoms with E-state index in [2.05, 4.69) is 5.10 Å². The molecule has 0 radical (unpaired) electrons. The number of nitrogens with two attached hydrogens (primary N) is 1. The second kappa shape index (κ2) is 4.73. The van der Waals surface area contributed by atoms with E-state index in [1.54, 1.807) is 26.8 Å². The van der Waals surface area contributed by atoms with Crippen LogP contribution in [0.15, 0.2) is 29.4 Å². The van der Waals surface area contributed by atoms with Crippen LogP contribution >= 0.6 is 0 Å². The molecular weight excluding hydrogens is 284 g/mol. The van der Waals surface area contributed by atoms with Crippen LogP contribution in [0.5, 0.6) is 0 Å². The van der Waals surface area contributed by atoms with Crippen LogP contribution in [-0.2, 0) is 0 Å². The van der Waals surface area contributed by atoms with Crippen molar-refractivity contribution in [2.45, 2.75) is 0 Å². The maximum absolute atomic E-state index is 11.0. The summed E-state index contributed by atoms with van der Waals surface area (Å²) in [6.07, 6.45) is 0. The van der Waals surface area contributed by atoms with Gasteiger partial charge in [-0.1, -0.05) is 12.1 Å². The lowest BCUT2D eigenvalue weighted by Gasteiger charge is -2.52. The standard InChI is InChI=1S/C14H18N6O2/c15-16-13(11-2-1-3-12(4-11)20(21)22)14-5-17-8-18(6-14)10-19(7-14)9-17/h1-4H,5-10,15H2/p+3. The molecule has 1 aromatic carbocycles. The number of nitrogens with zero attached hydrogens (tertiary/aromatic N) is 2. The molecule has 8 nitrogen and oxygen atoms in total. The summed E-state index contributed by atoms with van der Waals surface area (Å²) in [4.78, 5) is 15.4. The van der Waals surface area contributed by atoms with E-state index in [9.17, 15) is 10.1 Å². The molecule has 4 heterocycles. The van der Waals surface area contributed by atoms with Crippen molar-refractivity contribution in [3.63, 3.8) is 0 Å². The largest absolute Gasteiger partial charge is 0.323 e. The highest BCUT2D eigenvalue weighted by molar-refractivity contribution is 6.05. The molecule has 0 atom stereocenters. The Morgan fingerprint density at radius 3 is 2.27 bits per heavy atom. The number of hydrogen-bond donors (Lipinski definition) is 4. The molecular formula is C14H21N6O2+3. The van der Waals surface area contributed by atoms with Crippen LogP contribution in [0.1, 0.15) is 5.56 Å². The van der Waals surface area contributed by atoms with Gasteiger partial charge in [0.2, 0.25) is 20.0 Å². The van der Waals surface area contributed by atoms with Crippen LogP contribution in [0, 0.1) is 15.5 Å². The monoisotopic (exact) mass is 305 g/mol. The van der Waals surface area contributed by atoms with Gasteiger partial charge in [0.05, 0.1) is 10.6 Å². The minimum absolute atomic E-state index is 0.0568. The topological polar surface area (TPSA) is 94.8 Å². The van der Waals surface area contributed by atoms with Gasteiger partial charge in [-0.15, -0.1) is 0 Å². The summed E-state index contributed by atoms with van der Waals surface area (Å²) in [7, 11) is 0. The Bertz CT molecular complexity index is 623. The number of rotatable bonds is 3. The van der Waals surface area contributed by atoms with Gasteiger partial charge < -0.3 is 5.84 Å². The van der Waals surface area contributed by atoms with Crippen LogP contribution in [0.25, 0.3) is 0 Å². The molecule has 4 fully saturated rings. The molecule has 4 aliphatic rings. The average Bonchev–Trinajstić information content (AvgIpc) is 2.46. The molecule has 5 N–H and O–H groups in total. The molecule has 5 rings (SSSR count). The molecule has 1 aromatic rings. The summed E-state index contributed by atoms with van der Waals surface area (Å²) < 4.78 is 0. The first-order valence-corrected chi connectivity index (χ1v) is 7.63. The third-order valence-electron chi connectivity index (χ3n) is 5.23. The van der Waals surface area contributed by atoms with Crippen LogP contribution in [-0.4, -0.2) is 50.3 Å². The van der Waals surface area contributed by atoms with E-state index in [4.69, 9.17) is 5.84 Å². The van der Waals surface area contributed by atoms with Crippen LogP contribution in [0.3, 0.4) is 0 Å². The Morgan fingerprint density at radius 2 is 1.77 bits per heavy atom. The van der Waals surface area contributed by atoms with Crippen LogP contribution in [0.2, 0.25) is 0 Å². The molecule has 0 spiro atoms. The quantitative estimate of drug-likeness (QED) is 0.197. The molecule has 116 valence electrons. The van der Waals surface area contributed by atoms with E-state index in [1.165, 1.54) is 6.07 Å². The van der Waals surface area contributed by atoms with Crippen molar-refractivity contribution < 1.29 is 19.6 Å². The van der Waals surface area contributed by atoms with Gasteiger partial charge in [-0.3, -0.25) is 10.1 Å². The Kier molecular flexibility index (Phi) is 2.93. The number of hydrogen-bond acceptors (Lipinski definition) is 4. The molecule has 4 bridgehead atoms. The van der Waals surface area contributed by atoms with E-state index >= 15 is 0 Å². The molecule has 0 aromatic heterocycles. The Morgan fingerprint density at radius 1 is 1.18 bits per heavy atom. The lowest BCUT2D eigenvalue weighted by atomic mass is 9.74. The van der Waals surface area contributed by atoms with E-state index in [-0.39, 0.29) is 16.0 Å². The number of hydrazone groups is 1. The summed E-state index contributed by atoms with van der Waals surface area (Å²) >= 11 is 0. The van der Waals surface area contributed by atoms with Crippen molar-refractivity contribution in [2.24, 2.45) is 16.4 Å². The van der Waals surface area contributed by atoms with Crippen LogP contribution in [0.4, 0.5) is 5.69 Å². The first-order chi connectivity index (χ1) is 10.6. The lowest BCUT2D eigenvalue weighted by molar-refractivity contribution is -1.30. The van der Waals surface area contributed by atoms with Gasteiger partial charge in [0.25, 0.3) is 5.69 Å². The molecule has 0 unspecified atom stereocenters. The zero-order valence-corrected chi connectivity index (χ0v) is 12.3. The van der Waals surface area contributed by atoms with Gasteiger partial charge in [0.1, 0.15) is 19.6 Å². The predicted molar refractivity (Wildman–Crippen MR) is 78.3 cm³/mol. The lowest BCUT2D eigenvalue weighted by Crippen LogP contribution is -3.56. The number of nitro benzene ring substituents is 1. The maximum atomic E-state index is 11.0. The molecule has 0 aliphatic carbocycles. The third kappa shape index (κ3) is 1.99. The average molecular weight is 305 g/mol. The summed E-state index contributed by atoms with van der Waals surface area (Å²) in [5.74, 6) is 5.74. The van der Waals surface area contributed by atoms with Gasteiger partial charge in [0.15, 0.2) is 5.41 Å². The first-order valence-electron chi connectivity index (χ1n) is 7.63. The van der Waals surface area contributed by atoms with Gasteiger partial charge >= 0.3 is 0 Å². The number of benzene rings is 1. The predicted octanol–water partition coefficient (Wildman–Crippen LogP) is -4.19. The van der Waals surface area contributed by atoms with Crippen LogP contribution < -0.4 is 20.5 Å².